The zero-order chi connectivity index (χ0) is 15.0. The number of rotatable bonds is 4. The van der Waals surface area contributed by atoms with Gasteiger partial charge in [-0.05, 0) is 19.8 Å². The molecule has 1 aliphatic rings. The molecule has 0 spiro atoms. The molecule has 0 bridgehead atoms. The second-order valence-corrected chi connectivity index (χ2v) is 7.25. The number of sulfonamides is 1. The highest BCUT2D eigenvalue weighted by Crippen LogP contribution is 2.26. The Kier molecular flexibility index (Phi) is 3.58. The Bertz CT molecular complexity index is 733. The molecule has 1 aliphatic heterocycles. The van der Waals surface area contributed by atoms with Crippen LogP contribution < -0.4 is 0 Å². The van der Waals surface area contributed by atoms with Crippen molar-refractivity contribution in [3.63, 3.8) is 0 Å². The minimum absolute atomic E-state index is 0.0371. The van der Waals surface area contributed by atoms with E-state index in [-0.39, 0.29) is 11.1 Å². The Morgan fingerprint density at radius 1 is 1.38 bits per heavy atom. The third-order valence-electron chi connectivity index (χ3n) is 3.91. The van der Waals surface area contributed by atoms with E-state index in [0.717, 1.165) is 18.7 Å². The molecule has 0 saturated carbocycles. The highest BCUT2D eigenvalue weighted by Gasteiger charge is 2.36. The summed E-state index contributed by atoms with van der Waals surface area (Å²) in [6.07, 6.45) is 8.43. The maximum atomic E-state index is 12.7. The largest absolute Gasteiger partial charge is 0.339 e. The zero-order valence-corrected chi connectivity index (χ0v) is 13.0. The van der Waals surface area contributed by atoms with E-state index in [9.17, 15) is 8.42 Å². The van der Waals surface area contributed by atoms with Gasteiger partial charge in [-0.15, -0.1) is 0 Å². The van der Waals surface area contributed by atoms with Gasteiger partial charge in [0.1, 0.15) is 5.82 Å². The van der Waals surface area contributed by atoms with Gasteiger partial charge >= 0.3 is 0 Å². The first-order valence-electron chi connectivity index (χ1n) is 6.96. The molecule has 0 unspecified atom stereocenters. The van der Waals surface area contributed by atoms with Crippen molar-refractivity contribution in [2.45, 2.75) is 37.4 Å². The van der Waals surface area contributed by atoms with Gasteiger partial charge < -0.3 is 9.13 Å². The number of aryl methyl sites for hydroxylation is 2. The van der Waals surface area contributed by atoms with Gasteiger partial charge in [0, 0.05) is 44.8 Å². The number of nitrogens with zero attached hydrogens (tertiary/aromatic N) is 5. The molecule has 7 nitrogen and oxygen atoms in total. The number of aromatic nitrogens is 4. The average molecular weight is 309 g/mol. The minimum Gasteiger partial charge on any atom is -0.339 e. The summed E-state index contributed by atoms with van der Waals surface area (Å²) in [6.45, 7) is 3.11. The molecule has 0 aromatic carbocycles. The molecule has 21 heavy (non-hydrogen) atoms. The van der Waals surface area contributed by atoms with Crippen LogP contribution in [0.1, 0.15) is 18.7 Å². The topological polar surface area (TPSA) is 73.0 Å². The molecule has 2 aromatic rings. The lowest BCUT2D eigenvalue weighted by Crippen LogP contribution is -2.38. The average Bonchev–Trinajstić information content (AvgIpc) is 3.13. The second kappa shape index (κ2) is 5.27. The first-order valence-corrected chi connectivity index (χ1v) is 8.40. The van der Waals surface area contributed by atoms with Gasteiger partial charge in [-0.2, -0.15) is 4.31 Å². The van der Waals surface area contributed by atoms with Gasteiger partial charge in [0.25, 0.3) is 10.0 Å². The number of hydrogen-bond donors (Lipinski definition) is 0. The molecule has 0 radical (unpaired) electrons. The van der Waals surface area contributed by atoms with E-state index in [1.807, 2.05) is 17.7 Å². The summed E-state index contributed by atoms with van der Waals surface area (Å²) in [5.74, 6) is 0.900. The van der Waals surface area contributed by atoms with Crippen LogP contribution in [-0.2, 0) is 23.6 Å². The Labute approximate surface area is 124 Å². The smallest absolute Gasteiger partial charge is 0.262 e. The first-order chi connectivity index (χ1) is 9.98. The molecule has 2 aromatic heterocycles. The van der Waals surface area contributed by atoms with E-state index in [1.54, 1.807) is 28.3 Å². The Balaban J connectivity index is 1.85. The van der Waals surface area contributed by atoms with Gasteiger partial charge in [0.15, 0.2) is 5.03 Å². The fourth-order valence-electron chi connectivity index (χ4n) is 2.77. The van der Waals surface area contributed by atoms with Crippen molar-refractivity contribution in [2.24, 2.45) is 7.05 Å². The predicted octanol–water partition coefficient (Wildman–Crippen LogP) is 0.778. The molecule has 114 valence electrons. The normalized spacial score (nSPS) is 20.2. The molecule has 1 saturated heterocycles. The predicted molar refractivity (Wildman–Crippen MR) is 77.1 cm³/mol. The van der Waals surface area contributed by atoms with Crippen molar-refractivity contribution in [3.8, 4) is 0 Å². The molecular formula is C13H19N5O2S. The van der Waals surface area contributed by atoms with Crippen LogP contribution in [0, 0.1) is 6.92 Å². The quantitative estimate of drug-likeness (QED) is 0.836. The van der Waals surface area contributed by atoms with Crippen LogP contribution in [0.3, 0.4) is 0 Å². The summed E-state index contributed by atoms with van der Waals surface area (Å²) in [5.41, 5.74) is 0. The summed E-state index contributed by atoms with van der Waals surface area (Å²) in [7, 11) is -1.75. The minimum atomic E-state index is -3.52. The molecule has 3 heterocycles. The fraction of sp³-hybridized carbons (Fsp3) is 0.538. The van der Waals surface area contributed by atoms with E-state index in [4.69, 9.17) is 0 Å². The maximum absolute atomic E-state index is 12.7. The van der Waals surface area contributed by atoms with Crippen molar-refractivity contribution in [1.82, 2.24) is 23.4 Å². The fourth-order valence-corrected chi connectivity index (χ4v) is 4.43. The van der Waals surface area contributed by atoms with Crippen LogP contribution in [0.2, 0.25) is 0 Å². The Hall–Kier alpha value is -1.67. The summed E-state index contributed by atoms with van der Waals surface area (Å²) in [6, 6.07) is -0.0371. The summed E-state index contributed by atoms with van der Waals surface area (Å²) < 4.78 is 30.6. The zero-order valence-electron chi connectivity index (χ0n) is 12.2. The van der Waals surface area contributed by atoms with E-state index in [2.05, 4.69) is 9.97 Å². The number of imidazole rings is 2. The van der Waals surface area contributed by atoms with Gasteiger partial charge in [-0.3, -0.25) is 0 Å². The molecule has 0 amide bonds. The molecule has 0 N–H and O–H groups in total. The summed E-state index contributed by atoms with van der Waals surface area (Å²) in [4.78, 5) is 8.18. The van der Waals surface area contributed by atoms with Crippen molar-refractivity contribution >= 4 is 10.0 Å². The van der Waals surface area contributed by atoms with Crippen LogP contribution in [0.5, 0.6) is 0 Å². The van der Waals surface area contributed by atoms with Crippen LogP contribution in [0.4, 0.5) is 0 Å². The monoisotopic (exact) mass is 309 g/mol. The molecular weight excluding hydrogens is 290 g/mol. The van der Waals surface area contributed by atoms with Gasteiger partial charge in [0.2, 0.25) is 0 Å². The van der Waals surface area contributed by atoms with Crippen LogP contribution in [0.15, 0.2) is 29.9 Å². The SMILES string of the molecule is Cc1nccn1C[C@H]1CCCN1S(=O)(=O)c1cn(C)cn1. The van der Waals surface area contributed by atoms with Crippen molar-refractivity contribution in [1.29, 1.82) is 0 Å². The lowest BCUT2D eigenvalue weighted by molar-refractivity contribution is 0.349. The van der Waals surface area contributed by atoms with Crippen molar-refractivity contribution in [2.75, 3.05) is 6.54 Å². The Morgan fingerprint density at radius 2 is 2.19 bits per heavy atom. The van der Waals surface area contributed by atoms with Crippen LogP contribution >= 0.6 is 0 Å². The molecule has 8 heteroatoms. The molecule has 3 rings (SSSR count). The van der Waals surface area contributed by atoms with Gasteiger partial charge in [-0.1, -0.05) is 0 Å². The summed E-state index contributed by atoms with van der Waals surface area (Å²) in [5, 5.41) is 0.124. The highest BCUT2D eigenvalue weighted by molar-refractivity contribution is 7.89. The van der Waals surface area contributed by atoms with Crippen molar-refractivity contribution in [3.05, 3.63) is 30.7 Å². The molecule has 1 atom stereocenters. The lowest BCUT2D eigenvalue weighted by Gasteiger charge is -2.23. The van der Waals surface area contributed by atoms with E-state index >= 15 is 0 Å². The van der Waals surface area contributed by atoms with E-state index < -0.39 is 10.0 Å². The second-order valence-electron chi connectivity index (χ2n) is 5.42. The van der Waals surface area contributed by atoms with Gasteiger partial charge in [0.05, 0.1) is 6.33 Å². The van der Waals surface area contributed by atoms with Crippen LogP contribution in [-0.4, -0.2) is 44.4 Å². The van der Waals surface area contributed by atoms with Crippen LogP contribution in [0.25, 0.3) is 0 Å². The summed E-state index contributed by atoms with van der Waals surface area (Å²) >= 11 is 0. The lowest BCUT2D eigenvalue weighted by atomic mass is 10.2. The van der Waals surface area contributed by atoms with Crippen molar-refractivity contribution < 1.29 is 8.42 Å². The van der Waals surface area contributed by atoms with E-state index in [1.165, 1.54) is 6.33 Å². The third kappa shape index (κ3) is 2.60. The first kappa shape index (κ1) is 14.3. The van der Waals surface area contributed by atoms with E-state index in [0.29, 0.717) is 13.1 Å². The Morgan fingerprint density at radius 3 is 2.81 bits per heavy atom. The number of hydrogen-bond acceptors (Lipinski definition) is 4. The molecule has 0 aliphatic carbocycles. The van der Waals surface area contributed by atoms with Gasteiger partial charge in [-0.25, -0.2) is 18.4 Å². The maximum Gasteiger partial charge on any atom is 0.262 e. The standard InChI is InChI=1S/C13H19N5O2S/c1-11-14-5-7-17(11)8-12-4-3-6-18(12)21(19,20)13-9-16(2)10-15-13/h5,7,9-10,12H,3-4,6,8H2,1-2H3/t12-/m1/s1. The highest BCUT2D eigenvalue weighted by atomic mass is 32.2. The molecule has 1 fully saturated rings. The third-order valence-corrected chi connectivity index (χ3v) is 5.75.